The molecule has 2 aromatic carbocycles. The summed E-state index contributed by atoms with van der Waals surface area (Å²) in [5.41, 5.74) is 4.19. The quantitative estimate of drug-likeness (QED) is 0.0815. The summed E-state index contributed by atoms with van der Waals surface area (Å²) in [4.78, 5) is 64.2. The van der Waals surface area contributed by atoms with Gasteiger partial charge < -0.3 is 36.0 Å². The maximum atomic E-state index is 14.7. The lowest BCUT2D eigenvalue weighted by atomic mass is 9.75. The predicted molar refractivity (Wildman–Crippen MR) is 231 cm³/mol. The average Bonchev–Trinajstić information content (AvgIpc) is 3.55. The lowest BCUT2D eigenvalue weighted by Gasteiger charge is -2.39. The van der Waals surface area contributed by atoms with Crippen LogP contribution in [-0.2, 0) is 33.7 Å². The fourth-order valence-corrected chi connectivity index (χ4v) is 7.92. The van der Waals surface area contributed by atoms with E-state index in [9.17, 15) is 24.3 Å². The molecule has 320 valence electrons. The number of rotatable bonds is 18. The van der Waals surface area contributed by atoms with E-state index in [-0.39, 0.29) is 43.8 Å². The summed E-state index contributed by atoms with van der Waals surface area (Å²) in [7, 11) is 1.29. The van der Waals surface area contributed by atoms with Crippen LogP contribution in [0.15, 0.2) is 97.3 Å². The van der Waals surface area contributed by atoms with Crippen molar-refractivity contribution >= 4 is 23.9 Å². The molecule has 0 saturated carbocycles. The van der Waals surface area contributed by atoms with Crippen LogP contribution in [0.1, 0.15) is 69.8 Å². The third kappa shape index (κ3) is 12.8. The van der Waals surface area contributed by atoms with E-state index in [1.54, 1.807) is 17.3 Å². The van der Waals surface area contributed by atoms with Gasteiger partial charge in [0.1, 0.15) is 0 Å². The number of benzene rings is 2. The molecule has 5 amide bonds. The number of methoxy groups -OCH3 is 1. The first kappa shape index (κ1) is 45.3. The second-order valence-electron chi connectivity index (χ2n) is 17.6. The second-order valence-corrected chi connectivity index (χ2v) is 17.6. The van der Waals surface area contributed by atoms with Crippen molar-refractivity contribution in [3.8, 4) is 11.3 Å². The molecular weight excluding hydrogens is 759 g/mol. The van der Waals surface area contributed by atoms with E-state index in [0.29, 0.717) is 19.4 Å². The van der Waals surface area contributed by atoms with Gasteiger partial charge in [-0.15, -0.1) is 0 Å². The third-order valence-corrected chi connectivity index (χ3v) is 11.1. The first-order chi connectivity index (χ1) is 28.5. The van der Waals surface area contributed by atoms with E-state index in [1.165, 1.54) is 7.11 Å². The monoisotopic (exact) mass is 819 g/mol. The summed E-state index contributed by atoms with van der Waals surface area (Å²) in [5, 5.41) is 24.3. The van der Waals surface area contributed by atoms with E-state index in [1.807, 2.05) is 126 Å². The Kier molecular flexibility index (Phi) is 15.4. The predicted octanol–water partition coefficient (Wildman–Crippen LogP) is 5.99. The highest BCUT2D eigenvalue weighted by Crippen LogP contribution is 2.34. The zero-order valence-corrected chi connectivity index (χ0v) is 35.9. The third-order valence-electron chi connectivity index (χ3n) is 11.1. The number of carbonyl (C=O) groups excluding carboxylic acids is 4. The zero-order chi connectivity index (χ0) is 43.5. The Hall–Kier alpha value is -5.82. The largest absolute Gasteiger partial charge is 0.453 e. The van der Waals surface area contributed by atoms with Crippen molar-refractivity contribution in [2.45, 2.75) is 98.0 Å². The molecule has 1 aliphatic rings. The number of aliphatic hydroxyl groups is 1. The number of aliphatic hydroxyl groups excluding tert-OH is 1. The number of amides is 5. The minimum atomic E-state index is -1.08. The highest BCUT2D eigenvalue weighted by atomic mass is 16.5. The fourth-order valence-electron chi connectivity index (χ4n) is 7.92. The molecule has 4 aromatic rings. The Labute approximate surface area is 354 Å². The molecule has 3 heterocycles. The lowest BCUT2D eigenvalue weighted by molar-refractivity contribution is -0.132. The second kappa shape index (κ2) is 20.4. The summed E-state index contributed by atoms with van der Waals surface area (Å²) in [6, 6.07) is 25.2. The molecule has 5 atom stereocenters. The van der Waals surface area contributed by atoms with Gasteiger partial charge in [0.15, 0.2) is 0 Å². The highest BCUT2D eigenvalue weighted by Gasteiger charge is 2.46. The minimum Gasteiger partial charge on any atom is -0.453 e. The number of pyridine rings is 2. The van der Waals surface area contributed by atoms with E-state index in [4.69, 9.17) is 4.74 Å². The Bertz CT molecular complexity index is 2040. The van der Waals surface area contributed by atoms with E-state index in [2.05, 4.69) is 31.2 Å². The normalized spacial score (nSPS) is 16.2. The number of hydrogen-bond donors (Lipinski definition) is 5. The highest BCUT2D eigenvalue weighted by molar-refractivity contribution is 5.84. The van der Waals surface area contributed by atoms with Gasteiger partial charge in [-0.2, -0.15) is 0 Å². The van der Waals surface area contributed by atoms with Crippen LogP contribution in [0.25, 0.3) is 11.3 Å². The molecule has 1 saturated heterocycles. The van der Waals surface area contributed by atoms with Crippen LogP contribution < -0.4 is 21.3 Å². The van der Waals surface area contributed by atoms with Crippen molar-refractivity contribution in [3.63, 3.8) is 0 Å². The minimum absolute atomic E-state index is 0.100. The molecule has 2 aromatic heterocycles. The summed E-state index contributed by atoms with van der Waals surface area (Å²) in [6.45, 7) is 12.4. The van der Waals surface area contributed by atoms with Gasteiger partial charge in [0.25, 0.3) is 0 Å². The van der Waals surface area contributed by atoms with Gasteiger partial charge in [0.05, 0.1) is 36.9 Å². The van der Waals surface area contributed by atoms with Gasteiger partial charge in [-0.1, -0.05) is 101 Å². The molecule has 0 spiro atoms. The molecule has 13 heteroatoms. The lowest BCUT2D eigenvalue weighted by Crippen LogP contribution is -2.56. The van der Waals surface area contributed by atoms with Crippen LogP contribution in [-0.4, -0.2) is 88.3 Å². The number of ether oxygens (including phenoxy) is 1. The summed E-state index contributed by atoms with van der Waals surface area (Å²) < 4.78 is 4.72. The van der Waals surface area contributed by atoms with Crippen LogP contribution >= 0.6 is 0 Å². The molecule has 13 nitrogen and oxygen atoms in total. The summed E-state index contributed by atoms with van der Waals surface area (Å²) >= 11 is 0. The Balaban J connectivity index is 1.40. The molecule has 0 radical (unpaired) electrons. The Morgan fingerprint density at radius 2 is 1.57 bits per heavy atom. The van der Waals surface area contributed by atoms with Crippen molar-refractivity contribution < 1.29 is 29.0 Å². The molecule has 0 bridgehead atoms. The molecule has 0 aliphatic carbocycles. The molecule has 5 rings (SSSR count). The van der Waals surface area contributed by atoms with Crippen LogP contribution in [0.2, 0.25) is 0 Å². The number of alkyl carbamates (subject to hydrolysis) is 1. The smallest absolute Gasteiger partial charge is 0.406 e. The van der Waals surface area contributed by atoms with Crippen LogP contribution in [0.5, 0.6) is 0 Å². The SMILES string of the molecule is COC(=O)NCC(C)(C)CC(=O)NC(Cc1ccc(-c2ccccn2)cc1)CC(O)C(Cc1ccccc1)NC(=O)C(C1CNC(=O)N1Cc1cccnc1C)C(C)(C)C. The van der Waals surface area contributed by atoms with E-state index < -0.39 is 47.1 Å². The number of carbonyl (C=O) groups is 4. The number of nitrogens with one attached hydrogen (secondary N) is 4. The molecule has 5 N–H and O–H groups in total. The van der Waals surface area contributed by atoms with Crippen LogP contribution in [0.3, 0.4) is 0 Å². The maximum absolute atomic E-state index is 14.7. The Morgan fingerprint density at radius 3 is 2.22 bits per heavy atom. The first-order valence-electron chi connectivity index (χ1n) is 20.6. The molecule has 60 heavy (non-hydrogen) atoms. The van der Waals surface area contributed by atoms with Crippen molar-refractivity contribution in [1.82, 2.24) is 36.1 Å². The summed E-state index contributed by atoms with van der Waals surface area (Å²) in [5.74, 6) is -1.16. The molecule has 1 aliphatic heterocycles. The Morgan fingerprint density at radius 1 is 0.883 bits per heavy atom. The van der Waals surface area contributed by atoms with Gasteiger partial charge in [0.2, 0.25) is 11.8 Å². The molecule has 1 fully saturated rings. The fraction of sp³-hybridized carbons (Fsp3) is 0.447. The van der Waals surface area contributed by atoms with Crippen LogP contribution in [0.4, 0.5) is 9.59 Å². The van der Waals surface area contributed by atoms with Gasteiger partial charge in [-0.05, 0) is 71.9 Å². The van der Waals surface area contributed by atoms with Crippen molar-refractivity contribution in [2.24, 2.45) is 16.7 Å². The van der Waals surface area contributed by atoms with Crippen molar-refractivity contribution in [2.75, 3.05) is 20.2 Å². The van der Waals surface area contributed by atoms with Gasteiger partial charge in [-0.3, -0.25) is 19.6 Å². The van der Waals surface area contributed by atoms with E-state index in [0.717, 1.165) is 33.6 Å². The topological polar surface area (TPSA) is 175 Å². The number of aryl methyl sites for hydroxylation is 1. The van der Waals surface area contributed by atoms with Crippen molar-refractivity contribution in [3.05, 3.63) is 120 Å². The first-order valence-corrected chi connectivity index (χ1v) is 20.6. The van der Waals surface area contributed by atoms with Gasteiger partial charge in [0, 0.05) is 55.7 Å². The van der Waals surface area contributed by atoms with E-state index >= 15 is 0 Å². The van der Waals surface area contributed by atoms with Crippen molar-refractivity contribution in [1.29, 1.82) is 0 Å². The number of aromatic nitrogens is 2. The maximum Gasteiger partial charge on any atom is 0.406 e. The molecular formula is C47H61N7O6. The number of nitrogens with zero attached hydrogens (tertiary/aromatic N) is 3. The average molecular weight is 820 g/mol. The number of urea groups is 1. The molecule has 5 unspecified atom stereocenters. The summed E-state index contributed by atoms with van der Waals surface area (Å²) in [6.07, 6.45) is 2.76. The standard InChI is InChI=1S/C47H61N7O6/c1-31-35(16-13-23-48-31)29-54-39(28-50-44(54)58)42(46(2,3)4)43(57)53-38(25-32-14-9-8-10-15-32)40(55)26-36(52-41(56)27-47(5,6)30-51-45(59)60-7)24-33-18-20-34(21-19-33)37-17-11-12-22-49-37/h8-23,36,38-40,42,55H,24-30H2,1-7H3,(H,50,58)(H,51,59)(H,52,56)(H,53,57). The zero-order valence-electron chi connectivity index (χ0n) is 35.9. The van der Waals surface area contributed by atoms with Gasteiger partial charge >= 0.3 is 12.1 Å². The van der Waals surface area contributed by atoms with Gasteiger partial charge in [-0.25, -0.2) is 9.59 Å². The van der Waals surface area contributed by atoms with Crippen LogP contribution in [0, 0.1) is 23.7 Å². The number of hydrogen-bond acceptors (Lipinski definition) is 8.